The molecule has 0 radical (unpaired) electrons. The van der Waals surface area contributed by atoms with Crippen LogP contribution < -0.4 is 5.32 Å². The summed E-state index contributed by atoms with van der Waals surface area (Å²) in [4.78, 5) is 22.6. The van der Waals surface area contributed by atoms with Crippen molar-refractivity contribution in [2.24, 2.45) is 11.8 Å². The van der Waals surface area contributed by atoms with Crippen LogP contribution in [-0.4, -0.2) is 60.0 Å². The third-order valence-corrected chi connectivity index (χ3v) is 5.54. The standard InChI is InChI=1S/C15H24N4OS/c1-11(13-7-16-8-13)15(20)19-5-3-18(4-6-19)10-14-9-17-12(2)21-14/h9,11,13,16H,3-8,10H2,1-2H3. The van der Waals surface area contributed by atoms with Crippen LogP contribution in [0.5, 0.6) is 0 Å². The average molecular weight is 308 g/mol. The van der Waals surface area contributed by atoms with E-state index in [1.165, 1.54) is 4.88 Å². The quantitative estimate of drug-likeness (QED) is 0.900. The molecular formula is C15H24N4OS. The molecule has 1 N–H and O–H groups in total. The van der Waals surface area contributed by atoms with E-state index in [2.05, 4.69) is 27.0 Å². The third-order valence-electron chi connectivity index (χ3n) is 4.64. The van der Waals surface area contributed by atoms with Gasteiger partial charge in [0, 0.05) is 49.7 Å². The molecule has 2 saturated heterocycles. The molecule has 1 aromatic rings. The van der Waals surface area contributed by atoms with Gasteiger partial charge in [-0.3, -0.25) is 9.69 Å². The minimum atomic E-state index is 0.168. The highest BCUT2D eigenvalue weighted by atomic mass is 32.1. The van der Waals surface area contributed by atoms with E-state index in [1.807, 2.05) is 13.1 Å². The molecule has 1 unspecified atom stereocenters. The van der Waals surface area contributed by atoms with E-state index in [4.69, 9.17) is 0 Å². The summed E-state index contributed by atoms with van der Waals surface area (Å²) in [6, 6.07) is 0. The number of piperazine rings is 1. The predicted octanol–water partition coefficient (Wildman–Crippen LogP) is 0.951. The van der Waals surface area contributed by atoms with Gasteiger partial charge in [-0.05, 0) is 25.9 Å². The number of aromatic nitrogens is 1. The average Bonchev–Trinajstić information content (AvgIpc) is 2.82. The molecule has 1 aromatic heterocycles. The molecule has 5 nitrogen and oxygen atoms in total. The van der Waals surface area contributed by atoms with Crippen molar-refractivity contribution < 1.29 is 4.79 Å². The van der Waals surface area contributed by atoms with E-state index in [1.54, 1.807) is 11.3 Å². The molecule has 0 aromatic carbocycles. The number of hydrogen-bond donors (Lipinski definition) is 1. The Balaban J connectivity index is 1.47. The predicted molar refractivity (Wildman–Crippen MR) is 84.2 cm³/mol. The lowest BCUT2D eigenvalue weighted by atomic mass is 9.88. The van der Waals surface area contributed by atoms with Gasteiger partial charge in [0.15, 0.2) is 0 Å². The summed E-state index contributed by atoms with van der Waals surface area (Å²) in [7, 11) is 0. The highest BCUT2D eigenvalue weighted by Gasteiger charge is 2.32. The molecule has 0 bridgehead atoms. The third kappa shape index (κ3) is 3.44. The molecule has 0 spiro atoms. The Morgan fingerprint density at radius 1 is 1.43 bits per heavy atom. The molecule has 21 heavy (non-hydrogen) atoms. The van der Waals surface area contributed by atoms with Crippen LogP contribution in [0, 0.1) is 18.8 Å². The molecule has 1 amide bonds. The molecular weight excluding hydrogens is 284 g/mol. The van der Waals surface area contributed by atoms with E-state index in [0.29, 0.717) is 11.8 Å². The van der Waals surface area contributed by atoms with Gasteiger partial charge in [-0.25, -0.2) is 4.98 Å². The van der Waals surface area contributed by atoms with E-state index < -0.39 is 0 Å². The smallest absolute Gasteiger partial charge is 0.225 e. The SMILES string of the molecule is Cc1ncc(CN2CCN(C(=O)C(C)C3CNC3)CC2)s1. The summed E-state index contributed by atoms with van der Waals surface area (Å²) < 4.78 is 0. The van der Waals surface area contributed by atoms with E-state index >= 15 is 0 Å². The molecule has 3 heterocycles. The van der Waals surface area contributed by atoms with Crippen LogP contribution in [0.4, 0.5) is 0 Å². The molecule has 116 valence electrons. The number of amides is 1. The number of nitrogens with one attached hydrogen (secondary N) is 1. The lowest BCUT2D eigenvalue weighted by Gasteiger charge is -2.39. The number of nitrogens with zero attached hydrogens (tertiary/aromatic N) is 3. The first-order chi connectivity index (χ1) is 10.1. The molecule has 6 heteroatoms. The molecule has 0 saturated carbocycles. The maximum Gasteiger partial charge on any atom is 0.225 e. The van der Waals surface area contributed by atoms with E-state index in [-0.39, 0.29) is 5.92 Å². The Bertz CT molecular complexity index is 492. The fraction of sp³-hybridized carbons (Fsp3) is 0.733. The van der Waals surface area contributed by atoms with Gasteiger partial charge in [-0.2, -0.15) is 0 Å². The molecule has 2 fully saturated rings. The Hall–Kier alpha value is -0.980. The van der Waals surface area contributed by atoms with Crippen molar-refractivity contribution in [3.63, 3.8) is 0 Å². The van der Waals surface area contributed by atoms with E-state index in [0.717, 1.165) is 50.8 Å². The molecule has 0 aliphatic carbocycles. The van der Waals surface area contributed by atoms with Crippen molar-refractivity contribution in [3.05, 3.63) is 16.1 Å². The van der Waals surface area contributed by atoms with Crippen LogP contribution in [0.2, 0.25) is 0 Å². The first kappa shape index (κ1) is 14.9. The number of carbonyl (C=O) groups excluding carboxylic acids is 1. The fourth-order valence-electron chi connectivity index (χ4n) is 2.98. The van der Waals surface area contributed by atoms with Gasteiger partial charge >= 0.3 is 0 Å². The van der Waals surface area contributed by atoms with Gasteiger partial charge in [-0.15, -0.1) is 11.3 Å². The summed E-state index contributed by atoms with van der Waals surface area (Å²) >= 11 is 1.77. The first-order valence-electron chi connectivity index (χ1n) is 7.76. The number of rotatable bonds is 4. The summed E-state index contributed by atoms with van der Waals surface area (Å²) in [5.74, 6) is 1.05. The Morgan fingerprint density at radius 2 is 2.14 bits per heavy atom. The van der Waals surface area contributed by atoms with Gasteiger partial charge in [-0.1, -0.05) is 6.92 Å². The minimum absolute atomic E-state index is 0.168. The van der Waals surface area contributed by atoms with Crippen molar-refractivity contribution in [1.82, 2.24) is 20.1 Å². The topological polar surface area (TPSA) is 48.5 Å². The zero-order chi connectivity index (χ0) is 14.8. The lowest BCUT2D eigenvalue weighted by molar-refractivity contribution is -0.139. The highest BCUT2D eigenvalue weighted by molar-refractivity contribution is 7.11. The summed E-state index contributed by atoms with van der Waals surface area (Å²) in [6.07, 6.45) is 1.98. The second kappa shape index (κ2) is 6.42. The highest BCUT2D eigenvalue weighted by Crippen LogP contribution is 2.20. The number of carbonyl (C=O) groups is 1. The van der Waals surface area contributed by atoms with Crippen molar-refractivity contribution >= 4 is 17.2 Å². The zero-order valence-corrected chi connectivity index (χ0v) is 13.7. The van der Waals surface area contributed by atoms with Gasteiger partial charge in [0.05, 0.1) is 5.01 Å². The van der Waals surface area contributed by atoms with Crippen LogP contribution in [0.25, 0.3) is 0 Å². The second-order valence-electron chi connectivity index (χ2n) is 6.15. The normalized spacial score (nSPS) is 22.1. The lowest BCUT2D eigenvalue weighted by Crippen LogP contribution is -2.54. The molecule has 1 atom stereocenters. The number of aryl methyl sites for hydroxylation is 1. The second-order valence-corrected chi connectivity index (χ2v) is 7.47. The fourth-order valence-corrected chi connectivity index (χ4v) is 3.82. The largest absolute Gasteiger partial charge is 0.340 e. The van der Waals surface area contributed by atoms with E-state index in [9.17, 15) is 4.79 Å². The maximum absolute atomic E-state index is 12.5. The Labute approximate surface area is 130 Å². The van der Waals surface area contributed by atoms with Gasteiger partial charge < -0.3 is 10.2 Å². The van der Waals surface area contributed by atoms with Crippen molar-refractivity contribution in [1.29, 1.82) is 0 Å². The molecule has 3 rings (SSSR count). The molecule has 2 aliphatic heterocycles. The summed E-state index contributed by atoms with van der Waals surface area (Å²) in [6.45, 7) is 10.8. The van der Waals surface area contributed by atoms with Gasteiger partial charge in [0.2, 0.25) is 5.91 Å². The van der Waals surface area contributed by atoms with Gasteiger partial charge in [0.25, 0.3) is 0 Å². The Morgan fingerprint density at radius 3 is 2.67 bits per heavy atom. The summed E-state index contributed by atoms with van der Waals surface area (Å²) in [5, 5.41) is 4.38. The van der Waals surface area contributed by atoms with Crippen LogP contribution in [0.3, 0.4) is 0 Å². The number of thiazole rings is 1. The summed E-state index contributed by atoms with van der Waals surface area (Å²) in [5.41, 5.74) is 0. The van der Waals surface area contributed by atoms with Crippen LogP contribution in [-0.2, 0) is 11.3 Å². The minimum Gasteiger partial charge on any atom is -0.340 e. The molecule has 2 aliphatic rings. The first-order valence-corrected chi connectivity index (χ1v) is 8.58. The Kier molecular flexibility index (Phi) is 4.57. The van der Waals surface area contributed by atoms with Crippen molar-refractivity contribution in [2.75, 3.05) is 39.3 Å². The zero-order valence-electron chi connectivity index (χ0n) is 12.8. The van der Waals surface area contributed by atoms with Crippen LogP contribution in [0.1, 0.15) is 16.8 Å². The van der Waals surface area contributed by atoms with Crippen LogP contribution >= 0.6 is 11.3 Å². The monoisotopic (exact) mass is 308 g/mol. The van der Waals surface area contributed by atoms with Gasteiger partial charge in [0.1, 0.15) is 0 Å². The maximum atomic E-state index is 12.5. The number of hydrogen-bond acceptors (Lipinski definition) is 5. The van der Waals surface area contributed by atoms with Crippen molar-refractivity contribution in [3.8, 4) is 0 Å². The van der Waals surface area contributed by atoms with Crippen molar-refractivity contribution in [2.45, 2.75) is 20.4 Å². The van der Waals surface area contributed by atoms with Crippen LogP contribution in [0.15, 0.2) is 6.20 Å².